The summed E-state index contributed by atoms with van der Waals surface area (Å²) in [6.45, 7) is 6.77. The highest BCUT2D eigenvalue weighted by atomic mass is 15.1. The van der Waals surface area contributed by atoms with Crippen molar-refractivity contribution in [3.05, 3.63) is 48.5 Å². The monoisotopic (exact) mass is 306 g/mol. The molecule has 2 aromatic carbocycles. The number of anilines is 1. The number of benzene rings is 2. The maximum Gasteiger partial charge on any atom is 0.0730 e. The summed E-state index contributed by atoms with van der Waals surface area (Å²) in [5.74, 6) is 0. The normalized spacial score (nSPS) is 11.2. The zero-order chi connectivity index (χ0) is 16.1. The minimum absolute atomic E-state index is 1.10. The third-order valence-corrected chi connectivity index (χ3v) is 4.44. The van der Waals surface area contributed by atoms with E-state index in [0.717, 1.165) is 24.1 Å². The summed E-state index contributed by atoms with van der Waals surface area (Å²) in [6.07, 6.45) is 4.91. The lowest BCUT2D eigenvalue weighted by Gasteiger charge is -2.27. The van der Waals surface area contributed by atoms with Crippen molar-refractivity contribution < 1.29 is 0 Å². The Balaban J connectivity index is 2.20. The van der Waals surface area contributed by atoms with Crippen molar-refractivity contribution in [2.75, 3.05) is 18.0 Å². The van der Waals surface area contributed by atoms with Gasteiger partial charge < -0.3 is 4.90 Å². The lowest BCUT2D eigenvalue weighted by molar-refractivity contribution is 0.681. The first-order valence-corrected chi connectivity index (χ1v) is 8.87. The molecule has 0 spiro atoms. The fraction of sp³-hybridized carbons (Fsp3) is 0.381. The zero-order valence-electron chi connectivity index (χ0n) is 14.3. The highest BCUT2D eigenvalue weighted by molar-refractivity contribution is 6.07. The Bertz CT molecular complexity index is 717. The molecule has 0 radical (unpaired) electrons. The van der Waals surface area contributed by atoms with E-state index in [1.54, 1.807) is 0 Å². The smallest absolute Gasteiger partial charge is 0.0730 e. The van der Waals surface area contributed by atoms with Crippen LogP contribution < -0.4 is 4.90 Å². The quantitative estimate of drug-likeness (QED) is 0.513. The number of unbranched alkanes of at least 4 members (excludes halogenated alkanes) is 2. The van der Waals surface area contributed by atoms with Crippen molar-refractivity contribution in [2.45, 2.75) is 39.5 Å². The predicted octanol–water partition coefficient (Wildman–Crippen LogP) is 5.79. The van der Waals surface area contributed by atoms with Crippen LogP contribution in [0.5, 0.6) is 0 Å². The molecule has 23 heavy (non-hydrogen) atoms. The molecule has 1 heterocycles. The first-order chi connectivity index (χ1) is 11.3. The van der Waals surface area contributed by atoms with Crippen LogP contribution in [0, 0.1) is 0 Å². The zero-order valence-corrected chi connectivity index (χ0v) is 14.3. The number of pyridine rings is 1. The van der Waals surface area contributed by atoms with Gasteiger partial charge in [-0.3, -0.25) is 0 Å². The molecule has 2 heteroatoms. The molecule has 0 bridgehead atoms. The van der Waals surface area contributed by atoms with Gasteiger partial charge in [0, 0.05) is 23.9 Å². The molecular formula is C21H26N2. The van der Waals surface area contributed by atoms with E-state index in [2.05, 4.69) is 67.3 Å². The third-order valence-electron chi connectivity index (χ3n) is 4.44. The van der Waals surface area contributed by atoms with Crippen LogP contribution in [0.4, 0.5) is 5.69 Å². The number of rotatable bonds is 7. The molecule has 0 aliphatic carbocycles. The first kappa shape index (κ1) is 15.8. The summed E-state index contributed by atoms with van der Waals surface area (Å²) in [5, 5.41) is 2.55. The molecule has 0 aliphatic heterocycles. The van der Waals surface area contributed by atoms with E-state index >= 15 is 0 Å². The summed E-state index contributed by atoms with van der Waals surface area (Å²) < 4.78 is 0. The fourth-order valence-corrected chi connectivity index (χ4v) is 3.19. The fourth-order valence-electron chi connectivity index (χ4n) is 3.19. The van der Waals surface area contributed by atoms with Gasteiger partial charge in [-0.1, -0.05) is 63.1 Å². The van der Waals surface area contributed by atoms with Gasteiger partial charge in [-0.05, 0) is 25.0 Å². The minimum Gasteiger partial charge on any atom is -0.370 e. The van der Waals surface area contributed by atoms with Gasteiger partial charge in [0.05, 0.1) is 16.7 Å². The number of hydrogen-bond donors (Lipinski definition) is 0. The van der Waals surface area contributed by atoms with Crippen LogP contribution in [-0.4, -0.2) is 18.1 Å². The Kier molecular flexibility index (Phi) is 5.12. The molecule has 3 aromatic rings. The van der Waals surface area contributed by atoms with Gasteiger partial charge in [-0.15, -0.1) is 0 Å². The lowest BCUT2D eigenvalue weighted by atomic mass is 10.1. The summed E-state index contributed by atoms with van der Waals surface area (Å²) in [4.78, 5) is 7.44. The van der Waals surface area contributed by atoms with Crippen LogP contribution >= 0.6 is 0 Å². The van der Waals surface area contributed by atoms with Crippen molar-refractivity contribution in [1.82, 2.24) is 4.98 Å². The Hall–Kier alpha value is -2.09. The van der Waals surface area contributed by atoms with Crippen molar-refractivity contribution in [3.8, 4) is 0 Å². The summed E-state index contributed by atoms with van der Waals surface area (Å²) >= 11 is 0. The average Bonchev–Trinajstić information content (AvgIpc) is 2.60. The molecule has 2 nitrogen and oxygen atoms in total. The Morgan fingerprint density at radius 2 is 1.22 bits per heavy atom. The topological polar surface area (TPSA) is 16.1 Å². The van der Waals surface area contributed by atoms with Gasteiger partial charge >= 0.3 is 0 Å². The summed E-state index contributed by atoms with van der Waals surface area (Å²) in [5.41, 5.74) is 3.56. The molecule has 120 valence electrons. The average molecular weight is 306 g/mol. The van der Waals surface area contributed by atoms with Crippen molar-refractivity contribution in [2.24, 2.45) is 0 Å². The van der Waals surface area contributed by atoms with Gasteiger partial charge in [0.1, 0.15) is 0 Å². The Labute approximate surface area is 139 Å². The molecular weight excluding hydrogens is 280 g/mol. The second kappa shape index (κ2) is 7.45. The molecule has 0 aliphatic rings. The number of para-hydroxylation sites is 2. The second-order valence-corrected chi connectivity index (χ2v) is 6.19. The highest BCUT2D eigenvalue weighted by Gasteiger charge is 2.14. The van der Waals surface area contributed by atoms with Crippen LogP contribution in [0.15, 0.2) is 48.5 Å². The molecule has 0 atom stereocenters. The van der Waals surface area contributed by atoms with Crippen LogP contribution in [-0.2, 0) is 0 Å². The molecule has 3 rings (SSSR count). The van der Waals surface area contributed by atoms with Gasteiger partial charge in [0.25, 0.3) is 0 Å². The molecule has 0 saturated heterocycles. The number of nitrogens with zero attached hydrogens (tertiary/aromatic N) is 2. The number of fused-ring (bicyclic) bond motifs is 2. The second-order valence-electron chi connectivity index (χ2n) is 6.19. The van der Waals surface area contributed by atoms with Gasteiger partial charge in [-0.2, -0.15) is 0 Å². The SMILES string of the molecule is CCCCN(CCCC)c1c2ccccc2nc2ccccc12. The number of hydrogen-bond acceptors (Lipinski definition) is 2. The Morgan fingerprint density at radius 1 is 0.739 bits per heavy atom. The largest absolute Gasteiger partial charge is 0.370 e. The summed E-state index contributed by atoms with van der Waals surface area (Å²) in [6, 6.07) is 17.1. The molecule has 1 aromatic heterocycles. The molecule has 0 N–H and O–H groups in total. The van der Waals surface area contributed by atoms with Gasteiger partial charge in [0.15, 0.2) is 0 Å². The summed E-state index contributed by atoms with van der Waals surface area (Å²) in [7, 11) is 0. The maximum atomic E-state index is 4.85. The highest BCUT2D eigenvalue weighted by Crippen LogP contribution is 2.34. The van der Waals surface area contributed by atoms with Crippen LogP contribution in [0.25, 0.3) is 21.8 Å². The van der Waals surface area contributed by atoms with Gasteiger partial charge in [0.2, 0.25) is 0 Å². The molecule has 0 fully saturated rings. The van der Waals surface area contributed by atoms with Crippen LogP contribution in [0.3, 0.4) is 0 Å². The molecule has 0 unspecified atom stereocenters. The van der Waals surface area contributed by atoms with E-state index in [1.807, 2.05) is 0 Å². The third kappa shape index (κ3) is 3.31. The van der Waals surface area contributed by atoms with E-state index in [4.69, 9.17) is 4.98 Å². The van der Waals surface area contributed by atoms with Crippen LogP contribution in [0.1, 0.15) is 39.5 Å². The lowest BCUT2D eigenvalue weighted by Crippen LogP contribution is -2.26. The Morgan fingerprint density at radius 3 is 1.70 bits per heavy atom. The van der Waals surface area contributed by atoms with E-state index in [-0.39, 0.29) is 0 Å². The van der Waals surface area contributed by atoms with Gasteiger partial charge in [-0.25, -0.2) is 4.98 Å². The molecule has 0 amide bonds. The molecule has 0 saturated carbocycles. The number of aromatic nitrogens is 1. The van der Waals surface area contributed by atoms with E-state index in [9.17, 15) is 0 Å². The standard InChI is InChI=1S/C21H26N2/c1-3-5-15-23(16-6-4-2)21-17-11-7-9-13-19(17)22-20-14-10-8-12-18(20)21/h7-14H,3-6,15-16H2,1-2H3. The maximum absolute atomic E-state index is 4.85. The minimum atomic E-state index is 1.10. The van der Waals surface area contributed by atoms with E-state index in [1.165, 1.54) is 42.1 Å². The predicted molar refractivity (Wildman–Crippen MR) is 101 cm³/mol. The first-order valence-electron chi connectivity index (χ1n) is 8.87. The van der Waals surface area contributed by atoms with Crippen molar-refractivity contribution in [1.29, 1.82) is 0 Å². The van der Waals surface area contributed by atoms with E-state index < -0.39 is 0 Å². The van der Waals surface area contributed by atoms with Crippen molar-refractivity contribution in [3.63, 3.8) is 0 Å². The van der Waals surface area contributed by atoms with E-state index in [0.29, 0.717) is 0 Å². The van der Waals surface area contributed by atoms with Crippen LogP contribution in [0.2, 0.25) is 0 Å². The van der Waals surface area contributed by atoms with Crippen molar-refractivity contribution >= 4 is 27.5 Å².